The average molecular weight is 443 g/mol. The van der Waals surface area contributed by atoms with E-state index >= 15 is 0 Å². The molecular formula is C24H30N2O6. The summed E-state index contributed by atoms with van der Waals surface area (Å²) in [5.74, 6) is 1.11. The summed E-state index contributed by atoms with van der Waals surface area (Å²) in [4.78, 5) is 23.5. The van der Waals surface area contributed by atoms with E-state index in [1.807, 2.05) is 31.2 Å². The Morgan fingerprint density at radius 3 is 2.47 bits per heavy atom. The number of ether oxygens (including phenoxy) is 4. The molecule has 0 atom stereocenters. The van der Waals surface area contributed by atoms with E-state index in [2.05, 4.69) is 10.5 Å². The minimum absolute atomic E-state index is 0.158. The Morgan fingerprint density at radius 1 is 1.00 bits per heavy atom. The summed E-state index contributed by atoms with van der Waals surface area (Å²) in [6, 6.07) is 13.0. The maximum Gasteiger partial charge on any atom is 0.344 e. The van der Waals surface area contributed by atoms with Crippen molar-refractivity contribution in [2.75, 3.05) is 26.9 Å². The van der Waals surface area contributed by atoms with Crippen LogP contribution in [0.25, 0.3) is 0 Å². The van der Waals surface area contributed by atoms with Crippen LogP contribution < -0.4 is 19.6 Å². The molecule has 2 aromatic rings. The second-order valence-electron chi connectivity index (χ2n) is 6.73. The van der Waals surface area contributed by atoms with E-state index in [1.165, 1.54) is 6.21 Å². The van der Waals surface area contributed by atoms with Crippen LogP contribution >= 0.6 is 0 Å². The topological polar surface area (TPSA) is 95.5 Å². The lowest BCUT2D eigenvalue weighted by Crippen LogP contribution is -2.17. The van der Waals surface area contributed by atoms with Crippen molar-refractivity contribution >= 4 is 18.1 Å². The number of hydrogen-bond donors (Lipinski definition) is 1. The SMILES string of the molecule is CCOC(=O)COc1ccc(/C=N/NC(=O)CCCc2ccc(OC)cc2)cc1OCC. The number of carbonyl (C=O) groups excluding carboxylic acids is 2. The molecule has 8 heteroatoms. The summed E-state index contributed by atoms with van der Waals surface area (Å²) < 4.78 is 21.0. The third-order valence-corrected chi connectivity index (χ3v) is 4.35. The Labute approximate surface area is 188 Å². The standard InChI is InChI=1S/C24H30N2O6/c1-4-30-22-15-19(11-14-21(22)32-17-24(28)31-5-2)16-25-26-23(27)8-6-7-18-9-12-20(29-3)13-10-18/h9-16H,4-8,17H2,1-3H3,(H,26,27)/b25-16+. The van der Waals surface area contributed by atoms with Gasteiger partial charge in [-0.15, -0.1) is 0 Å². The summed E-state index contributed by atoms with van der Waals surface area (Å²) in [7, 11) is 1.63. The number of methoxy groups -OCH3 is 1. The molecule has 1 amide bonds. The highest BCUT2D eigenvalue weighted by molar-refractivity contribution is 5.83. The predicted octanol–water partition coefficient (Wildman–Crippen LogP) is 3.51. The molecule has 2 rings (SSSR count). The summed E-state index contributed by atoms with van der Waals surface area (Å²) in [6.07, 6.45) is 3.41. The fourth-order valence-corrected chi connectivity index (χ4v) is 2.81. The van der Waals surface area contributed by atoms with Crippen LogP contribution in [0.15, 0.2) is 47.6 Å². The van der Waals surface area contributed by atoms with Crippen LogP contribution in [-0.2, 0) is 20.7 Å². The molecule has 172 valence electrons. The van der Waals surface area contributed by atoms with Crippen molar-refractivity contribution < 1.29 is 28.5 Å². The van der Waals surface area contributed by atoms with Crippen LogP contribution in [0.5, 0.6) is 17.2 Å². The molecule has 0 aromatic heterocycles. The van der Waals surface area contributed by atoms with Gasteiger partial charge < -0.3 is 18.9 Å². The molecular weight excluding hydrogens is 412 g/mol. The Bertz CT molecular complexity index is 896. The zero-order chi connectivity index (χ0) is 23.2. The summed E-state index contributed by atoms with van der Waals surface area (Å²) in [6.45, 7) is 4.11. The van der Waals surface area contributed by atoms with Crippen molar-refractivity contribution in [1.82, 2.24) is 5.43 Å². The van der Waals surface area contributed by atoms with Crippen molar-refractivity contribution in [3.63, 3.8) is 0 Å². The number of esters is 1. The maximum atomic E-state index is 12.0. The number of aryl methyl sites for hydroxylation is 1. The second-order valence-corrected chi connectivity index (χ2v) is 6.73. The van der Waals surface area contributed by atoms with Gasteiger partial charge in [-0.25, -0.2) is 10.2 Å². The molecule has 0 aliphatic heterocycles. The van der Waals surface area contributed by atoms with Crippen molar-refractivity contribution in [2.24, 2.45) is 5.10 Å². The van der Waals surface area contributed by atoms with E-state index in [9.17, 15) is 9.59 Å². The number of nitrogens with one attached hydrogen (secondary N) is 1. The van der Waals surface area contributed by atoms with E-state index in [0.29, 0.717) is 37.6 Å². The molecule has 0 radical (unpaired) electrons. The predicted molar refractivity (Wildman–Crippen MR) is 121 cm³/mol. The van der Waals surface area contributed by atoms with Crippen LogP contribution in [0.2, 0.25) is 0 Å². The van der Waals surface area contributed by atoms with Crippen molar-refractivity contribution in [1.29, 1.82) is 0 Å². The van der Waals surface area contributed by atoms with E-state index in [1.54, 1.807) is 32.2 Å². The third kappa shape index (κ3) is 8.67. The van der Waals surface area contributed by atoms with E-state index in [-0.39, 0.29) is 12.5 Å². The number of nitrogens with zero attached hydrogens (tertiary/aromatic N) is 1. The van der Waals surface area contributed by atoms with E-state index in [4.69, 9.17) is 18.9 Å². The van der Waals surface area contributed by atoms with Gasteiger partial charge in [0, 0.05) is 6.42 Å². The Morgan fingerprint density at radius 2 is 1.78 bits per heavy atom. The number of hydrogen-bond acceptors (Lipinski definition) is 7. The zero-order valence-corrected chi connectivity index (χ0v) is 18.8. The zero-order valence-electron chi connectivity index (χ0n) is 18.8. The lowest BCUT2D eigenvalue weighted by molar-refractivity contribution is -0.145. The third-order valence-electron chi connectivity index (χ3n) is 4.35. The molecule has 32 heavy (non-hydrogen) atoms. The molecule has 0 fully saturated rings. The maximum absolute atomic E-state index is 12.0. The molecule has 0 saturated carbocycles. The van der Waals surface area contributed by atoms with Crippen molar-refractivity contribution in [2.45, 2.75) is 33.1 Å². The molecule has 0 heterocycles. The first-order valence-corrected chi connectivity index (χ1v) is 10.6. The molecule has 0 spiro atoms. The van der Waals surface area contributed by atoms with Crippen LogP contribution in [0.1, 0.15) is 37.8 Å². The molecule has 2 aromatic carbocycles. The molecule has 0 unspecified atom stereocenters. The quantitative estimate of drug-likeness (QED) is 0.290. The van der Waals surface area contributed by atoms with Gasteiger partial charge >= 0.3 is 5.97 Å². The van der Waals surface area contributed by atoms with Gasteiger partial charge in [-0.1, -0.05) is 12.1 Å². The normalized spacial score (nSPS) is 10.6. The van der Waals surface area contributed by atoms with Gasteiger partial charge in [-0.3, -0.25) is 4.79 Å². The first kappa shape index (κ1) is 24.7. The number of amides is 1. The minimum Gasteiger partial charge on any atom is -0.497 e. The highest BCUT2D eigenvalue weighted by Gasteiger charge is 2.09. The summed E-state index contributed by atoms with van der Waals surface area (Å²) >= 11 is 0. The number of rotatable bonds is 13. The average Bonchev–Trinajstić information content (AvgIpc) is 2.79. The number of benzene rings is 2. The second kappa shape index (κ2) is 13.7. The van der Waals surface area contributed by atoms with Gasteiger partial charge in [0.2, 0.25) is 5.91 Å². The highest BCUT2D eigenvalue weighted by Crippen LogP contribution is 2.28. The molecule has 8 nitrogen and oxygen atoms in total. The smallest absolute Gasteiger partial charge is 0.344 e. The van der Waals surface area contributed by atoms with Crippen molar-refractivity contribution in [3.8, 4) is 17.2 Å². The summed E-state index contributed by atoms with van der Waals surface area (Å²) in [5.41, 5.74) is 4.40. The van der Waals surface area contributed by atoms with Gasteiger partial charge in [0.1, 0.15) is 5.75 Å². The van der Waals surface area contributed by atoms with Crippen LogP contribution in [0.4, 0.5) is 0 Å². The highest BCUT2D eigenvalue weighted by atomic mass is 16.6. The molecule has 1 N–H and O–H groups in total. The molecule has 0 aliphatic carbocycles. The number of carbonyl (C=O) groups is 2. The fourth-order valence-electron chi connectivity index (χ4n) is 2.81. The summed E-state index contributed by atoms with van der Waals surface area (Å²) in [5, 5.41) is 4.01. The van der Waals surface area contributed by atoms with E-state index in [0.717, 1.165) is 23.3 Å². The first-order valence-electron chi connectivity index (χ1n) is 10.6. The largest absolute Gasteiger partial charge is 0.497 e. The number of hydrazone groups is 1. The Hall–Kier alpha value is -3.55. The molecule has 0 bridgehead atoms. The van der Waals surface area contributed by atoms with Gasteiger partial charge in [-0.2, -0.15) is 5.10 Å². The monoisotopic (exact) mass is 442 g/mol. The van der Waals surface area contributed by atoms with Gasteiger partial charge in [0.15, 0.2) is 18.1 Å². The Balaban J connectivity index is 1.82. The molecule has 0 aliphatic rings. The lowest BCUT2D eigenvalue weighted by atomic mass is 10.1. The van der Waals surface area contributed by atoms with Gasteiger partial charge in [0.05, 0.1) is 26.5 Å². The van der Waals surface area contributed by atoms with Gasteiger partial charge in [-0.05, 0) is 68.1 Å². The van der Waals surface area contributed by atoms with Crippen LogP contribution in [0.3, 0.4) is 0 Å². The lowest BCUT2D eigenvalue weighted by Gasteiger charge is -2.12. The van der Waals surface area contributed by atoms with E-state index < -0.39 is 5.97 Å². The minimum atomic E-state index is -0.449. The van der Waals surface area contributed by atoms with Gasteiger partial charge in [0.25, 0.3) is 0 Å². The van der Waals surface area contributed by atoms with Crippen LogP contribution in [-0.4, -0.2) is 45.0 Å². The Kier molecular flexibility index (Phi) is 10.6. The van der Waals surface area contributed by atoms with Crippen LogP contribution in [0, 0.1) is 0 Å². The fraction of sp³-hybridized carbons (Fsp3) is 0.375. The molecule has 0 saturated heterocycles. The van der Waals surface area contributed by atoms with Crippen molar-refractivity contribution in [3.05, 3.63) is 53.6 Å². The first-order chi connectivity index (χ1) is 15.5.